The third-order valence-corrected chi connectivity index (χ3v) is 9.47. The molecule has 5 rings (SSSR count). The molecule has 0 radical (unpaired) electrons. The summed E-state index contributed by atoms with van der Waals surface area (Å²) in [6.07, 6.45) is -2.13. The first-order valence-electron chi connectivity index (χ1n) is 11.8. The van der Waals surface area contributed by atoms with E-state index in [2.05, 4.69) is 0 Å². The van der Waals surface area contributed by atoms with Crippen LogP contribution in [0, 0.1) is 38.5 Å². The molecule has 180 valence electrons. The zero-order valence-corrected chi connectivity index (χ0v) is 20.5. The fraction of sp³-hybridized carbons (Fsp3) is 0.500. The van der Waals surface area contributed by atoms with Crippen molar-refractivity contribution in [1.29, 1.82) is 0 Å². The number of ketones is 2. The summed E-state index contributed by atoms with van der Waals surface area (Å²) >= 11 is 0. The van der Waals surface area contributed by atoms with Gasteiger partial charge in [-0.3, -0.25) is 9.59 Å². The Hall–Kier alpha value is -2.38. The number of hydrogen-bond acceptors (Lipinski definition) is 6. The van der Waals surface area contributed by atoms with Gasteiger partial charge in [0.05, 0.1) is 24.0 Å². The fourth-order valence-electron chi connectivity index (χ4n) is 7.83. The van der Waals surface area contributed by atoms with Crippen LogP contribution in [0.2, 0.25) is 0 Å². The van der Waals surface area contributed by atoms with Gasteiger partial charge in [-0.05, 0) is 72.2 Å². The van der Waals surface area contributed by atoms with Crippen LogP contribution >= 0.6 is 0 Å². The van der Waals surface area contributed by atoms with Crippen LogP contribution in [0.3, 0.4) is 0 Å². The number of aliphatic hydroxyl groups excluding tert-OH is 4. The molecule has 0 spiro atoms. The van der Waals surface area contributed by atoms with Gasteiger partial charge in [-0.1, -0.05) is 26.0 Å². The molecule has 6 atom stereocenters. The lowest BCUT2D eigenvalue weighted by molar-refractivity contribution is -0.0397. The van der Waals surface area contributed by atoms with Crippen molar-refractivity contribution in [3.63, 3.8) is 0 Å². The first-order valence-corrected chi connectivity index (χ1v) is 11.8. The molecule has 34 heavy (non-hydrogen) atoms. The highest BCUT2D eigenvalue weighted by Gasteiger charge is 2.79. The Balaban J connectivity index is 1.76. The molecule has 3 aliphatic rings. The average molecular weight is 465 g/mol. The number of carbonyl (C=O) groups is 2. The van der Waals surface area contributed by atoms with Gasteiger partial charge in [0.1, 0.15) is 12.2 Å². The molecule has 0 amide bonds. The fourth-order valence-corrected chi connectivity index (χ4v) is 7.83. The number of hydrogen-bond donors (Lipinski definition) is 4. The van der Waals surface area contributed by atoms with Gasteiger partial charge in [0.25, 0.3) is 0 Å². The lowest BCUT2D eigenvalue weighted by Crippen LogP contribution is -2.61. The highest BCUT2D eigenvalue weighted by Crippen LogP contribution is 2.80. The van der Waals surface area contributed by atoms with Crippen molar-refractivity contribution >= 4 is 11.6 Å². The lowest BCUT2D eigenvalue weighted by atomic mass is 9.39. The van der Waals surface area contributed by atoms with Crippen LogP contribution in [0.5, 0.6) is 0 Å². The molecule has 6 nitrogen and oxygen atoms in total. The van der Waals surface area contributed by atoms with Crippen molar-refractivity contribution in [1.82, 2.24) is 0 Å². The Morgan fingerprint density at radius 3 is 1.35 bits per heavy atom. The second-order valence-electron chi connectivity index (χ2n) is 10.8. The molecule has 1 saturated carbocycles. The minimum atomic E-state index is -1.07. The van der Waals surface area contributed by atoms with Crippen molar-refractivity contribution in [3.05, 3.63) is 67.8 Å². The van der Waals surface area contributed by atoms with E-state index in [0.717, 1.165) is 22.3 Å². The molecule has 0 saturated heterocycles. The van der Waals surface area contributed by atoms with Crippen molar-refractivity contribution in [2.45, 2.75) is 65.6 Å². The van der Waals surface area contributed by atoms with Crippen LogP contribution < -0.4 is 0 Å². The highest BCUT2D eigenvalue weighted by molar-refractivity contribution is 6.19. The van der Waals surface area contributed by atoms with E-state index in [0.29, 0.717) is 33.4 Å². The number of aliphatic hydroxyl groups is 4. The van der Waals surface area contributed by atoms with Crippen LogP contribution in [0.1, 0.15) is 103 Å². The maximum atomic E-state index is 14.0. The van der Waals surface area contributed by atoms with E-state index in [4.69, 9.17) is 0 Å². The van der Waals surface area contributed by atoms with E-state index in [1.807, 2.05) is 53.7 Å². The molecule has 0 heterocycles. The van der Waals surface area contributed by atoms with Gasteiger partial charge in [0.2, 0.25) is 0 Å². The van der Waals surface area contributed by atoms with Gasteiger partial charge >= 0.3 is 0 Å². The molecule has 0 bridgehead atoms. The molecule has 0 aromatic heterocycles. The molecule has 1 fully saturated rings. The van der Waals surface area contributed by atoms with Crippen LogP contribution in [0.4, 0.5) is 0 Å². The molecular formula is C28H32O6. The van der Waals surface area contributed by atoms with Gasteiger partial charge in [-0.15, -0.1) is 0 Å². The zero-order chi connectivity index (χ0) is 25.1. The molecule has 6 unspecified atom stereocenters. The van der Waals surface area contributed by atoms with Gasteiger partial charge in [0.15, 0.2) is 11.6 Å². The summed E-state index contributed by atoms with van der Waals surface area (Å²) < 4.78 is 0. The van der Waals surface area contributed by atoms with Gasteiger partial charge < -0.3 is 20.4 Å². The van der Waals surface area contributed by atoms with Crippen molar-refractivity contribution in [3.8, 4) is 0 Å². The first-order chi connectivity index (χ1) is 15.9. The SMILES string of the molecule is Cc1cc2c(c(C)c1C(O)CO)C(=O)C1(C)C2C2c3cc(C)c(C(O)CO)c(C)c3C(=O)C21C. The number of carbonyl (C=O) groups excluding carboxylic acids is 2. The van der Waals surface area contributed by atoms with Crippen LogP contribution in [-0.4, -0.2) is 45.2 Å². The summed E-state index contributed by atoms with van der Waals surface area (Å²) in [4.78, 5) is 28.0. The van der Waals surface area contributed by atoms with Gasteiger partial charge in [0, 0.05) is 23.0 Å². The number of aryl methyl sites for hydroxylation is 2. The Morgan fingerprint density at radius 1 is 0.735 bits per heavy atom. The summed E-state index contributed by atoms with van der Waals surface area (Å²) in [5.41, 5.74) is 5.29. The van der Waals surface area contributed by atoms with Crippen LogP contribution in [0.25, 0.3) is 0 Å². The maximum absolute atomic E-state index is 14.0. The molecule has 3 aliphatic carbocycles. The molecule has 2 aromatic carbocycles. The predicted molar refractivity (Wildman–Crippen MR) is 126 cm³/mol. The van der Waals surface area contributed by atoms with Gasteiger partial charge in [-0.25, -0.2) is 0 Å². The van der Waals surface area contributed by atoms with E-state index in [9.17, 15) is 30.0 Å². The Labute approximate surface area is 199 Å². The second kappa shape index (κ2) is 7.08. The normalized spacial score (nSPS) is 30.4. The Morgan fingerprint density at radius 2 is 1.06 bits per heavy atom. The largest absolute Gasteiger partial charge is 0.393 e. The highest BCUT2D eigenvalue weighted by atomic mass is 16.3. The molecule has 6 heteroatoms. The quantitative estimate of drug-likeness (QED) is 0.552. The number of rotatable bonds is 4. The third kappa shape index (κ3) is 2.30. The van der Waals surface area contributed by atoms with E-state index in [1.165, 1.54) is 0 Å². The van der Waals surface area contributed by atoms with Crippen molar-refractivity contribution in [2.24, 2.45) is 10.8 Å². The topological polar surface area (TPSA) is 115 Å². The first kappa shape index (κ1) is 23.4. The van der Waals surface area contributed by atoms with Crippen molar-refractivity contribution < 1.29 is 30.0 Å². The lowest BCUT2D eigenvalue weighted by Gasteiger charge is -2.60. The molecule has 2 aromatic rings. The van der Waals surface area contributed by atoms with E-state index >= 15 is 0 Å². The standard InChI is InChI=1S/C28H32O6/c1-11-7-15-21(13(3)19(11)17(31)9-29)25(33)27(5)23(15)24-16-8-12(2)20(18(32)10-30)14(4)22(16)26(34)28(24,27)6/h7-8,17-18,23-24,29-32H,9-10H2,1-6H3. The second-order valence-corrected chi connectivity index (χ2v) is 10.8. The summed E-state index contributed by atoms with van der Waals surface area (Å²) in [6, 6.07) is 3.91. The maximum Gasteiger partial charge on any atom is 0.170 e. The van der Waals surface area contributed by atoms with Crippen LogP contribution in [-0.2, 0) is 0 Å². The number of Topliss-reactive ketones (excluding diaryl/α,β-unsaturated/α-hetero) is 2. The van der Waals surface area contributed by atoms with Crippen molar-refractivity contribution in [2.75, 3.05) is 13.2 Å². The summed E-state index contributed by atoms with van der Waals surface area (Å²) in [5.74, 6) is -0.506. The summed E-state index contributed by atoms with van der Waals surface area (Å²) in [5, 5.41) is 39.9. The summed E-state index contributed by atoms with van der Waals surface area (Å²) in [7, 11) is 0. The minimum Gasteiger partial charge on any atom is -0.393 e. The zero-order valence-electron chi connectivity index (χ0n) is 20.5. The molecule has 4 N–H and O–H groups in total. The number of fused-ring (bicyclic) bond motifs is 8. The average Bonchev–Trinajstić information content (AvgIpc) is 3.09. The Bertz CT molecular complexity index is 1190. The third-order valence-electron chi connectivity index (χ3n) is 9.47. The molecular weight excluding hydrogens is 432 g/mol. The predicted octanol–water partition coefficient (Wildman–Crippen LogP) is 3.26. The van der Waals surface area contributed by atoms with Crippen LogP contribution in [0.15, 0.2) is 12.1 Å². The smallest absolute Gasteiger partial charge is 0.170 e. The monoisotopic (exact) mass is 464 g/mol. The van der Waals surface area contributed by atoms with E-state index in [-0.39, 0.29) is 23.4 Å². The van der Waals surface area contributed by atoms with Gasteiger partial charge in [-0.2, -0.15) is 0 Å². The molecule has 0 aliphatic heterocycles. The van der Waals surface area contributed by atoms with E-state index < -0.39 is 36.3 Å². The minimum absolute atomic E-state index is 0.0821. The van der Waals surface area contributed by atoms with E-state index in [1.54, 1.807) is 0 Å². The summed E-state index contributed by atoms with van der Waals surface area (Å²) in [6.45, 7) is 10.3. The Kier molecular flexibility index (Phi) is 4.86. The number of benzene rings is 2.